The van der Waals surface area contributed by atoms with Crippen molar-refractivity contribution in [2.45, 2.75) is 37.4 Å². The van der Waals surface area contributed by atoms with Crippen molar-refractivity contribution in [1.82, 2.24) is 10.2 Å². The van der Waals surface area contributed by atoms with Crippen LogP contribution in [0.15, 0.2) is 78.9 Å². The molecule has 3 aliphatic rings. The van der Waals surface area contributed by atoms with Crippen LogP contribution in [-0.4, -0.2) is 65.9 Å². The van der Waals surface area contributed by atoms with Crippen LogP contribution < -0.4 is 5.32 Å². The normalized spacial score (nSPS) is 25.4. The molecular formula is C30H28N2O6. The van der Waals surface area contributed by atoms with Gasteiger partial charge >= 0.3 is 0 Å². The number of ether oxygens (including phenoxy) is 3. The van der Waals surface area contributed by atoms with E-state index >= 15 is 0 Å². The Hall–Kier alpha value is -3.85. The zero-order valence-corrected chi connectivity index (χ0v) is 21.2. The summed E-state index contributed by atoms with van der Waals surface area (Å²) < 4.78 is 18.5. The molecule has 194 valence electrons. The standard InChI is InChI=1S/C30H28N2O6/c1-29(2)37-25-24(16-32-27(34)22-10-6-7-11-23(22)28(32)35)36-18-30(25,38-29)17-31-26(33)21-14-12-20(13-15-21)19-8-4-3-5-9-19/h3-15,24-25H,16-18H2,1-2H3,(H,31,33)/t24-,25-,30+/m1/s1. The Morgan fingerprint density at radius 3 is 2.16 bits per heavy atom. The quantitative estimate of drug-likeness (QED) is 0.507. The number of imide groups is 1. The summed E-state index contributed by atoms with van der Waals surface area (Å²) in [5.74, 6) is -1.86. The number of nitrogens with zero attached hydrogens (tertiary/aromatic N) is 1. The molecule has 6 rings (SSSR count). The molecule has 38 heavy (non-hydrogen) atoms. The molecule has 0 bridgehead atoms. The first-order chi connectivity index (χ1) is 18.3. The van der Waals surface area contributed by atoms with Gasteiger partial charge in [-0.05, 0) is 49.2 Å². The summed E-state index contributed by atoms with van der Waals surface area (Å²) in [6.45, 7) is 3.95. The molecule has 3 amide bonds. The van der Waals surface area contributed by atoms with Crippen molar-refractivity contribution >= 4 is 17.7 Å². The van der Waals surface area contributed by atoms with E-state index in [2.05, 4.69) is 5.32 Å². The van der Waals surface area contributed by atoms with Crippen LogP contribution in [0, 0.1) is 0 Å². The number of nitrogens with one attached hydrogen (secondary N) is 1. The zero-order chi connectivity index (χ0) is 26.5. The number of hydrogen-bond acceptors (Lipinski definition) is 6. The van der Waals surface area contributed by atoms with Crippen LogP contribution in [0.5, 0.6) is 0 Å². The lowest BCUT2D eigenvalue weighted by atomic mass is 9.96. The van der Waals surface area contributed by atoms with Gasteiger partial charge in [-0.15, -0.1) is 0 Å². The van der Waals surface area contributed by atoms with E-state index in [4.69, 9.17) is 14.2 Å². The van der Waals surface area contributed by atoms with E-state index in [1.54, 1.807) is 50.2 Å². The Kier molecular flexibility index (Phi) is 5.90. The van der Waals surface area contributed by atoms with E-state index in [9.17, 15) is 14.4 Å². The molecule has 0 spiro atoms. The molecule has 2 saturated heterocycles. The summed E-state index contributed by atoms with van der Waals surface area (Å²) in [5.41, 5.74) is 2.44. The summed E-state index contributed by atoms with van der Waals surface area (Å²) in [4.78, 5) is 40.0. The monoisotopic (exact) mass is 512 g/mol. The molecule has 0 unspecified atom stereocenters. The highest BCUT2D eigenvalue weighted by Crippen LogP contribution is 2.43. The molecule has 3 atom stereocenters. The fraction of sp³-hybridized carbons (Fsp3) is 0.300. The first-order valence-corrected chi connectivity index (χ1v) is 12.6. The minimum Gasteiger partial charge on any atom is -0.370 e. The molecule has 3 aromatic rings. The second kappa shape index (κ2) is 9.16. The van der Waals surface area contributed by atoms with E-state index in [1.807, 2.05) is 42.5 Å². The molecule has 3 heterocycles. The maximum absolute atomic E-state index is 13.0. The van der Waals surface area contributed by atoms with Crippen LogP contribution in [0.25, 0.3) is 11.1 Å². The molecule has 2 fully saturated rings. The van der Waals surface area contributed by atoms with E-state index in [-0.39, 0.29) is 37.4 Å². The van der Waals surface area contributed by atoms with Crippen LogP contribution in [0.1, 0.15) is 44.9 Å². The average molecular weight is 513 g/mol. The second-order valence-electron chi connectivity index (χ2n) is 10.3. The van der Waals surface area contributed by atoms with Gasteiger partial charge in [0.1, 0.15) is 17.8 Å². The van der Waals surface area contributed by atoms with Crippen molar-refractivity contribution < 1.29 is 28.6 Å². The van der Waals surface area contributed by atoms with E-state index < -0.39 is 23.6 Å². The lowest BCUT2D eigenvalue weighted by molar-refractivity contribution is -0.189. The second-order valence-corrected chi connectivity index (χ2v) is 10.3. The molecular weight excluding hydrogens is 484 g/mol. The molecule has 0 radical (unpaired) electrons. The van der Waals surface area contributed by atoms with Gasteiger partial charge in [-0.1, -0.05) is 54.6 Å². The maximum Gasteiger partial charge on any atom is 0.261 e. The number of rotatable bonds is 6. The first-order valence-electron chi connectivity index (χ1n) is 12.6. The number of benzene rings is 3. The number of hydrogen-bond donors (Lipinski definition) is 1. The van der Waals surface area contributed by atoms with Crippen molar-refractivity contribution in [1.29, 1.82) is 0 Å². The zero-order valence-electron chi connectivity index (χ0n) is 21.2. The van der Waals surface area contributed by atoms with Crippen LogP contribution in [-0.2, 0) is 14.2 Å². The third-order valence-electron chi connectivity index (χ3n) is 7.30. The topological polar surface area (TPSA) is 94.2 Å². The summed E-state index contributed by atoms with van der Waals surface area (Å²) in [5, 5.41) is 2.97. The summed E-state index contributed by atoms with van der Waals surface area (Å²) in [6, 6.07) is 24.1. The molecule has 0 aliphatic carbocycles. The van der Waals surface area contributed by atoms with Gasteiger partial charge in [0.15, 0.2) is 5.79 Å². The van der Waals surface area contributed by atoms with Gasteiger partial charge in [0.25, 0.3) is 17.7 Å². The highest BCUT2D eigenvalue weighted by Gasteiger charge is 2.61. The molecule has 0 aromatic heterocycles. The lowest BCUT2D eigenvalue weighted by Gasteiger charge is -2.27. The molecule has 1 N–H and O–H groups in total. The molecule has 8 heteroatoms. The van der Waals surface area contributed by atoms with Gasteiger partial charge in [0, 0.05) is 5.56 Å². The Bertz CT molecular complexity index is 1370. The largest absolute Gasteiger partial charge is 0.370 e. The fourth-order valence-electron chi connectivity index (χ4n) is 5.54. The highest BCUT2D eigenvalue weighted by atomic mass is 16.8. The fourth-order valence-corrected chi connectivity index (χ4v) is 5.54. The minimum absolute atomic E-state index is 0.0348. The van der Waals surface area contributed by atoms with Crippen LogP contribution in [0.2, 0.25) is 0 Å². The molecule has 3 aliphatic heterocycles. The first kappa shape index (κ1) is 24.5. The Balaban J connectivity index is 1.15. The third kappa shape index (κ3) is 4.20. The summed E-state index contributed by atoms with van der Waals surface area (Å²) in [6.07, 6.45) is -1.18. The highest BCUT2D eigenvalue weighted by molar-refractivity contribution is 6.21. The number of carbonyl (C=O) groups is 3. The predicted molar refractivity (Wildman–Crippen MR) is 139 cm³/mol. The van der Waals surface area contributed by atoms with E-state index in [1.165, 1.54) is 4.90 Å². The number of carbonyl (C=O) groups excluding carboxylic acids is 3. The minimum atomic E-state index is -0.952. The van der Waals surface area contributed by atoms with Gasteiger partial charge in [-0.3, -0.25) is 19.3 Å². The Morgan fingerprint density at radius 2 is 1.50 bits per heavy atom. The van der Waals surface area contributed by atoms with Crippen LogP contribution >= 0.6 is 0 Å². The molecule has 3 aromatic carbocycles. The lowest BCUT2D eigenvalue weighted by Crippen LogP contribution is -2.52. The molecule has 8 nitrogen and oxygen atoms in total. The Morgan fingerprint density at radius 1 is 0.895 bits per heavy atom. The van der Waals surface area contributed by atoms with E-state index in [0.717, 1.165) is 11.1 Å². The van der Waals surface area contributed by atoms with Crippen molar-refractivity contribution in [3.63, 3.8) is 0 Å². The van der Waals surface area contributed by atoms with Crippen LogP contribution in [0.3, 0.4) is 0 Å². The molecule has 0 saturated carbocycles. The third-order valence-corrected chi connectivity index (χ3v) is 7.30. The van der Waals surface area contributed by atoms with Crippen molar-refractivity contribution in [3.05, 3.63) is 95.6 Å². The number of fused-ring (bicyclic) bond motifs is 2. The SMILES string of the molecule is CC1(C)O[C@@H]2[C@@H](CN3C(=O)c4ccccc4C3=O)OC[C@]2(CNC(=O)c2ccc(-c3ccccc3)cc2)O1. The van der Waals surface area contributed by atoms with Gasteiger partial charge < -0.3 is 19.5 Å². The number of amides is 3. The van der Waals surface area contributed by atoms with Gasteiger partial charge in [-0.2, -0.15) is 0 Å². The van der Waals surface area contributed by atoms with Crippen molar-refractivity contribution in [2.75, 3.05) is 19.7 Å². The van der Waals surface area contributed by atoms with E-state index in [0.29, 0.717) is 16.7 Å². The van der Waals surface area contributed by atoms with Gasteiger partial charge in [0.2, 0.25) is 0 Å². The Labute approximate surface area is 220 Å². The van der Waals surface area contributed by atoms with Gasteiger partial charge in [0.05, 0.1) is 30.8 Å². The van der Waals surface area contributed by atoms with Crippen LogP contribution in [0.4, 0.5) is 0 Å². The average Bonchev–Trinajstić information content (AvgIpc) is 3.48. The smallest absolute Gasteiger partial charge is 0.261 e. The maximum atomic E-state index is 13.0. The van der Waals surface area contributed by atoms with Crippen molar-refractivity contribution in [2.24, 2.45) is 0 Å². The summed E-state index contributed by atoms with van der Waals surface area (Å²) >= 11 is 0. The summed E-state index contributed by atoms with van der Waals surface area (Å²) in [7, 11) is 0. The van der Waals surface area contributed by atoms with Crippen molar-refractivity contribution in [3.8, 4) is 11.1 Å². The predicted octanol–water partition coefficient (Wildman–Crippen LogP) is 3.67. The van der Waals surface area contributed by atoms with Gasteiger partial charge in [-0.25, -0.2) is 0 Å².